The maximum absolute atomic E-state index is 12.1. The Morgan fingerprint density at radius 3 is 2.78 bits per heavy atom. The molecular formula is C15H16Cl2N2O4. The molecule has 6 nitrogen and oxygen atoms in total. The Morgan fingerprint density at radius 2 is 2.09 bits per heavy atom. The minimum absolute atomic E-state index is 0.0496. The quantitative estimate of drug-likeness (QED) is 0.793. The standard InChI is InChI=1S/C15H16Cl2N2O4/c1-3-22-14(20)12-8(2)18-15(21)19-10(12)7-23-11-6-4-5-9(16)13(11)17/h4-6,8H,3,7H2,1-2H3,(H2,18,19,21)/t8-/m1/s1. The van der Waals surface area contributed by atoms with E-state index in [4.69, 9.17) is 32.7 Å². The molecule has 1 aromatic rings. The summed E-state index contributed by atoms with van der Waals surface area (Å²) >= 11 is 12.0. The van der Waals surface area contributed by atoms with E-state index in [9.17, 15) is 9.59 Å². The monoisotopic (exact) mass is 358 g/mol. The van der Waals surface area contributed by atoms with Crippen LogP contribution in [0.4, 0.5) is 4.79 Å². The molecule has 1 aliphatic heterocycles. The fourth-order valence-electron chi connectivity index (χ4n) is 2.14. The number of ether oxygens (including phenoxy) is 2. The number of hydrogen-bond acceptors (Lipinski definition) is 4. The molecule has 0 unspecified atom stereocenters. The van der Waals surface area contributed by atoms with Gasteiger partial charge in [-0.2, -0.15) is 0 Å². The number of hydrogen-bond donors (Lipinski definition) is 2. The number of carbonyl (C=O) groups excluding carboxylic acids is 2. The zero-order valence-electron chi connectivity index (χ0n) is 12.6. The number of rotatable bonds is 5. The molecule has 1 aliphatic rings. The zero-order valence-corrected chi connectivity index (χ0v) is 14.1. The third-order valence-corrected chi connectivity index (χ3v) is 3.96. The molecule has 2 rings (SSSR count). The van der Waals surface area contributed by atoms with Crippen LogP contribution in [-0.2, 0) is 9.53 Å². The number of benzene rings is 1. The van der Waals surface area contributed by atoms with E-state index in [1.54, 1.807) is 32.0 Å². The van der Waals surface area contributed by atoms with Crippen LogP contribution in [0.15, 0.2) is 29.5 Å². The first-order chi connectivity index (χ1) is 10.9. The summed E-state index contributed by atoms with van der Waals surface area (Å²) in [5.74, 6) is -0.154. The second kappa shape index (κ2) is 7.57. The highest BCUT2D eigenvalue weighted by molar-refractivity contribution is 6.42. The Hall–Kier alpha value is -1.92. The average Bonchev–Trinajstić information content (AvgIpc) is 2.48. The first-order valence-corrected chi connectivity index (χ1v) is 7.74. The average molecular weight is 359 g/mol. The maximum atomic E-state index is 12.1. The summed E-state index contributed by atoms with van der Waals surface area (Å²) in [4.78, 5) is 23.7. The van der Waals surface area contributed by atoms with Gasteiger partial charge in [-0.1, -0.05) is 29.3 Å². The number of nitrogens with one attached hydrogen (secondary N) is 2. The Kier molecular flexibility index (Phi) is 5.74. The lowest BCUT2D eigenvalue weighted by molar-refractivity contribution is -0.139. The summed E-state index contributed by atoms with van der Waals surface area (Å²) in [5.41, 5.74) is 0.639. The molecule has 2 amide bonds. The van der Waals surface area contributed by atoms with Crippen LogP contribution >= 0.6 is 23.2 Å². The molecule has 124 valence electrons. The Labute approximate surface area is 143 Å². The molecule has 0 aromatic heterocycles. The van der Waals surface area contributed by atoms with Gasteiger partial charge in [0.25, 0.3) is 0 Å². The van der Waals surface area contributed by atoms with Crippen molar-refractivity contribution in [3.05, 3.63) is 39.5 Å². The molecule has 1 heterocycles. The van der Waals surface area contributed by atoms with E-state index in [1.165, 1.54) is 0 Å². The largest absolute Gasteiger partial charge is 0.486 e. The highest BCUT2D eigenvalue weighted by Gasteiger charge is 2.30. The SMILES string of the molecule is CCOC(=O)C1=C(COc2cccc(Cl)c2Cl)NC(=O)N[C@@H]1C. The molecule has 0 fully saturated rings. The van der Waals surface area contributed by atoms with Gasteiger partial charge in [0.1, 0.15) is 17.4 Å². The first-order valence-electron chi connectivity index (χ1n) is 6.98. The number of halogens is 2. The van der Waals surface area contributed by atoms with Gasteiger partial charge in [0.2, 0.25) is 0 Å². The lowest BCUT2D eigenvalue weighted by atomic mass is 10.0. The van der Waals surface area contributed by atoms with Crippen molar-refractivity contribution in [2.24, 2.45) is 0 Å². The summed E-state index contributed by atoms with van der Waals surface area (Å²) in [7, 11) is 0. The first kappa shape index (κ1) is 17.4. The fourth-order valence-corrected chi connectivity index (χ4v) is 2.49. The molecule has 8 heteroatoms. The van der Waals surface area contributed by atoms with Gasteiger partial charge >= 0.3 is 12.0 Å². The smallest absolute Gasteiger partial charge is 0.338 e. The van der Waals surface area contributed by atoms with Gasteiger partial charge in [0.05, 0.1) is 28.9 Å². The molecular weight excluding hydrogens is 343 g/mol. The van der Waals surface area contributed by atoms with E-state index in [0.717, 1.165) is 0 Å². The van der Waals surface area contributed by atoms with Crippen LogP contribution in [0, 0.1) is 0 Å². The van der Waals surface area contributed by atoms with Crippen molar-refractivity contribution >= 4 is 35.2 Å². The summed E-state index contributed by atoms with van der Waals surface area (Å²) in [5, 5.41) is 5.79. The third-order valence-electron chi connectivity index (χ3n) is 3.15. The molecule has 0 aliphatic carbocycles. The van der Waals surface area contributed by atoms with Gasteiger partial charge in [-0.3, -0.25) is 0 Å². The second-order valence-electron chi connectivity index (χ2n) is 4.77. The summed E-state index contributed by atoms with van der Waals surface area (Å²) in [6.07, 6.45) is 0. The summed E-state index contributed by atoms with van der Waals surface area (Å²) in [6.45, 7) is 3.58. The Balaban J connectivity index is 2.25. The number of urea groups is 1. The topological polar surface area (TPSA) is 76.7 Å². The van der Waals surface area contributed by atoms with Crippen molar-refractivity contribution in [3.8, 4) is 5.75 Å². The van der Waals surface area contributed by atoms with Crippen LogP contribution in [-0.4, -0.2) is 31.3 Å². The second-order valence-corrected chi connectivity index (χ2v) is 5.56. The van der Waals surface area contributed by atoms with Gasteiger partial charge in [-0.15, -0.1) is 0 Å². The lowest BCUT2D eigenvalue weighted by Gasteiger charge is -2.26. The molecule has 1 atom stereocenters. The van der Waals surface area contributed by atoms with Gasteiger partial charge in [-0.25, -0.2) is 9.59 Å². The highest BCUT2D eigenvalue weighted by atomic mass is 35.5. The molecule has 1 aromatic carbocycles. The molecule has 0 radical (unpaired) electrons. The predicted molar refractivity (Wildman–Crippen MR) is 86.7 cm³/mol. The van der Waals surface area contributed by atoms with Crippen molar-refractivity contribution in [2.45, 2.75) is 19.9 Å². The van der Waals surface area contributed by atoms with Crippen LogP contribution < -0.4 is 15.4 Å². The molecule has 0 saturated carbocycles. The van der Waals surface area contributed by atoms with E-state index >= 15 is 0 Å². The molecule has 0 bridgehead atoms. The summed E-state index contributed by atoms with van der Waals surface area (Å²) in [6, 6.07) is 4.06. The van der Waals surface area contributed by atoms with Crippen molar-refractivity contribution in [1.82, 2.24) is 10.6 Å². The molecule has 2 N–H and O–H groups in total. The van der Waals surface area contributed by atoms with Crippen LogP contribution in [0.2, 0.25) is 10.0 Å². The number of carbonyl (C=O) groups is 2. The van der Waals surface area contributed by atoms with Gasteiger partial charge in [-0.05, 0) is 26.0 Å². The predicted octanol–water partition coefficient (Wildman–Crippen LogP) is 2.89. The summed E-state index contributed by atoms with van der Waals surface area (Å²) < 4.78 is 10.6. The van der Waals surface area contributed by atoms with Crippen molar-refractivity contribution in [1.29, 1.82) is 0 Å². The lowest BCUT2D eigenvalue weighted by Crippen LogP contribution is -2.50. The zero-order chi connectivity index (χ0) is 17.0. The number of amides is 2. The van der Waals surface area contributed by atoms with Crippen LogP contribution in [0.3, 0.4) is 0 Å². The number of esters is 1. The highest BCUT2D eigenvalue weighted by Crippen LogP contribution is 2.31. The van der Waals surface area contributed by atoms with Crippen LogP contribution in [0.1, 0.15) is 13.8 Å². The van der Waals surface area contributed by atoms with Crippen LogP contribution in [0.25, 0.3) is 0 Å². The minimum Gasteiger partial charge on any atom is -0.486 e. The minimum atomic E-state index is -0.511. The van der Waals surface area contributed by atoms with Crippen molar-refractivity contribution < 1.29 is 19.1 Å². The van der Waals surface area contributed by atoms with Gasteiger partial charge < -0.3 is 20.1 Å². The Bertz CT molecular complexity index is 661. The van der Waals surface area contributed by atoms with E-state index in [0.29, 0.717) is 22.0 Å². The van der Waals surface area contributed by atoms with E-state index in [1.807, 2.05) is 0 Å². The molecule has 0 saturated heterocycles. The molecule has 23 heavy (non-hydrogen) atoms. The normalized spacial score (nSPS) is 17.4. The molecule has 0 spiro atoms. The van der Waals surface area contributed by atoms with Gasteiger partial charge in [0.15, 0.2) is 0 Å². The van der Waals surface area contributed by atoms with Crippen molar-refractivity contribution in [3.63, 3.8) is 0 Å². The van der Waals surface area contributed by atoms with E-state index in [-0.39, 0.29) is 18.2 Å². The van der Waals surface area contributed by atoms with Gasteiger partial charge in [0, 0.05) is 0 Å². The van der Waals surface area contributed by atoms with Crippen LogP contribution in [0.5, 0.6) is 5.75 Å². The maximum Gasteiger partial charge on any atom is 0.338 e. The van der Waals surface area contributed by atoms with E-state index in [2.05, 4.69) is 10.6 Å². The fraction of sp³-hybridized carbons (Fsp3) is 0.333. The Morgan fingerprint density at radius 1 is 1.35 bits per heavy atom. The van der Waals surface area contributed by atoms with E-state index < -0.39 is 18.0 Å². The van der Waals surface area contributed by atoms with Crippen molar-refractivity contribution in [2.75, 3.05) is 13.2 Å². The third kappa shape index (κ3) is 4.09.